The Morgan fingerprint density at radius 1 is 1.60 bits per heavy atom. The average Bonchev–Trinajstić information content (AvgIpc) is 1.86. The van der Waals surface area contributed by atoms with E-state index < -0.39 is 0 Å². The molecule has 4 heteroatoms. The van der Waals surface area contributed by atoms with E-state index in [0.717, 1.165) is 0 Å². The van der Waals surface area contributed by atoms with Crippen molar-refractivity contribution in [3.05, 3.63) is 0 Å². The minimum Gasteiger partial charge on any atom is -0.369 e. The summed E-state index contributed by atoms with van der Waals surface area (Å²) in [6.07, 6.45) is 0. The third kappa shape index (κ3) is 4.29. The third-order valence-corrected chi connectivity index (χ3v) is 1.23. The molecule has 4 nitrogen and oxygen atoms in total. The zero-order valence-corrected chi connectivity index (χ0v) is 6.17. The SMILES string of the molecule is CCN(CC[O])CC(N)=O. The number of carbonyl (C=O) groups is 1. The second-order valence-electron chi connectivity index (χ2n) is 2.04. The lowest BCUT2D eigenvalue weighted by Gasteiger charge is -2.15. The van der Waals surface area contributed by atoms with Crippen molar-refractivity contribution in [2.24, 2.45) is 5.73 Å². The van der Waals surface area contributed by atoms with Gasteiger partial charge in [-0.1, -0.05) is 6.92 Å². The highest BCUT2D eigenvalue weighted by molar-refractivity contribution is 5.75. The summed E-state index contributed by atoms with van der Waals surface area (Å²) >= 11 is 0. The van der Waals surface area contributed by atoms with Crippen molar-refractivity contribution in [1.29, 1.82) is 0 Å². The van der Waals surface area contributed by atoms with Crippen molar-refractivity contribution in [1.82, 2.24) is 4.90 Å². The molecule has 0 aliphatic rings. The first-order valence-electron chi connectivity index (χ1n) is 3.29. The van der Waals surface area contributed by atoms with Crippen LogP contribution in [-0.2, 0) is 9.90 Å². The van der Waals surface area contributed by atoms with Crippen LogP contribution in [0.4, 0.5) is 0 Å². The van der Waals surface area contributed by atoms with E-state index in [2.05, 4.69) is 0 Å². The molecule has 0 aromatic carbocycles. The number of hydrogen-bond acceptors (Lipinski definition) is 2. The highest BCUT2D eigenvalue weighted by atomic mass is 16.3. The number of nitrogens with zero attached hydrogens (tertiary/aromatic N) is 1. The molecule has 1 amide bonds. The van der Waals surface area contributed by atoms with Crippen molar-refractivity contribution < 1.29 is 9.90 Å². The second-order valence-corrected chi connectivity index (χ2v) is 2.04. The molecule has 1 radical (unpaired) electrons. The molecule has 0 fully saturated rings. The normalized spacial score (nSPS) is 10.3. The summed E-state index contributed by atoms with van der Waals surface area (Å²) in [4.78, 5) is 12.0. The van der Waals surface area contributed by atoms with E-state index >= 15 is 0 Å². The Kier molecular flexibility index (Phi) is 4.88. The Morgan fingerprint density at radius 3 is 2.50 bits per heavy atom. The molecule has 59 valence electrons. The van der Waals surface area contributed by atoms with Gasteiger partial charge in [-0.25, -0.2) is 5.11 Å². The van der Waals surface area contributed by atoms with Crippen LogP contribution in [0.3, 0.4) is 0 Å². The fourth-order valence-electron chi connectivity index (χ4n) is 0.698. The molecule has 0 aromatic rings. The lowest BCUT2D eigenvalue weighted by molar-refractivity contribution is -0.119. The van der Waals surface area contributed by atoms with Crippen LogP contribution in [0.5, 0.6) is 0 Å². The standard InChI is InChI=1S/C6H13N2O2/c1-2-8(3-4-9)5-6(7)10/h2-5H2,1H3,(H2,7,10). The van der Waals surface area contributed by atoms with Crippen molar-refractivity contribution in [2.45, 2.75) is 6.92 Å². The molecule has 0 atom stereocenters. The molecule has 0 rings (SSSR count). The smallest absolute Gasteiger partial charge is 0.231 e. The molecular weight excluding hydrogens is 132 g/mol. The highest BCUT2D eigenvalue weighted by Crippen LogP contribution is 1.84. The second kappa shape index (κ2) is 5.20. The molecule has 0 aliphatic carbocycles. The number of nitrogens with two attached hydrogens (primary N) is 1. The van der Waals surface area contributed by atoms with Crippen molar-refractivity contribution in [3.63, 3.8) is 0 Å². The van der Waals surface area contributed by atoms with E-state index in [1.165, 1.54) is 0 Å². The van der Waals surface area contributed by atoms with E-state index in [4.69, 9.17) is 5.73 Å². The topological polar surface area (TPSA) is 66.2 Å². The molecule has 0 aliphatic heterocycles. The Bertz CT molecular complexity index is 106. The van der Waals surface area contributed by atoms with Gasteiger partial charge in [0.2, 0.25) is 5.91 Å². The molecule has 0 aromatic heterocycles. The van der Waals surface area contributed by atoms with Crippen LogP contribution in [0, 0.1) is 0 Å². The zero-order chi connectivity index (χ0) is 7.98. The first kappa shape index (κ1) is 9.39. The van der Waals surface area contributed by atoms with Crippen LogP contribution in [0.25, 0.3) is 0 Å². The quantitative estimate of drug-likeness (QED) is 0.551. The monoisotopic (exact) mass is 145 g/mol. The van der Waals surface area contributed by atoms with Gasteiger partial charge in [-0.3, -0.25) is 9.69 Å². The first-order chi connectivity index (χ1) is 4.70. The number of primary amides is 1. The van der Waals surface area contributed by atoms with Gasteiger partial charge in [0.15, 0.2) is 0 Å². The molecule has 0 heterocycles. The summed E-state index contributed by atoms with van der Waals surface area (Å²) in [6, 6.07) is 0. The van der Waals surface area contributed by atoms with Gasteiger partial charge >= 0.3 is 0 Å². The summed E-state index contributed by atoms with van der Waals surface area (Å²) in [5.74, 6) is -0.379. The van der Waals surface area contributed by atoms with E-state index in [9.17, 15) is 9.90 Å². The van der Waals surface area contributed by atoms with Gasteiger partial charge < -0.3 is 5.73 Å². The number of amides is 1. The van der Waals surface area contributed by atoms with Crippen molar-refractivity contribution >= 4 is 5.91 Å². The number of rotatable bonds is 5. The first-order valence-corrected chi connectivity index (χ1v) is 3.29. The molecule has 10 heavy (non-hydrogen) atoms. The van der Waals surface area contributed by atoms with Gasteiger partial charge in [0.05, 0.1) is 13.2 Å². The predicted molar refractivity (Wildman–Crippen MR) is 36.9 cm³/mol. The average molecular weight is 145 g/mol. The number of hydrogen-bond donors (Lipinski definition) is 1. The van der Waals surface area contributed by atoms with Crippen molar-refractivity contribution in [3.8, 4) is 0 Å². The van der Waals surface area contributed by atoms with Gasteiger partial charge in [-0.2, -0.15) is 0 Å². The Balaban J connectivity index is 3.49. The van der Waals surface area contributed by atoms with Gasteiger partial charge in [-0.15, -0.1) is 0 Å². The maximum absolute atomic E-state index is 10.3. The lowest BCUT2D eigenvalue weighted by Crippen LogP contribution is -2.35. The van der Waals surface area contributed by atoms with Crippen LogP contribution in [0.1, 0.15) is 6.92 Å². The molecule has 2 N–H and O–H groups in total. The fourth-order valence-corrected chi connectivity index (χ4v) is 0.698. The molecule has 0 unspecified atom stereocenters. The largest absolute Gasteiger partial charge is 0.369 e. The maximum atomic E-state index is 10.3. The van der Waals surface area contributed by atoms with Gasteiger partial charge in [-0.05, 0) is 6.54 Å². The zero-order valence-electron chi connectivity index (χ0n) is 6.17. The molecule has 0 bridgehead atoms. The molecule has 0 saturated heterocycles. The lowest BCUT2D eigenvalue weighted by atomic mass is 10.4. The number of likely N-dealkylation sites (N-methyl/N-ethyl adjacent to an activating group) is 1. The summed E-state index contributed by atoms with van der Waals surface area (Å²) < 4.78 is 0. The minimum absolute atomic E-state index is 0.179. The van der Waals surface area contributed by atoms with E-state index in [1.54, 1.807) is 4.90 Å². The van der Waals surface area contributed by atoms with Gasteiger partial charge in [0.25, 0.3) is 0 Å². The van der Waals surface area contributed by atoms with Crippen LogP contribution in [-0.4, -0.2) is 37.0 Å². The van der Waals surface area contributed by atoms with E-state index in [-0.39, 0.29) is 19.1 Å². The van der Waals surface area contributed by atoms with Gasteiger partial charge in [0, 0.05) is 6.54 Å². The summed E-state index contributed by atoms with van der Waals surface area (Å²) in [5, 5.41) is 10.1. The van der Waals surface area contributed by atoms with Crippen LogP contribution in [0.2, 0.25) is 0 Å². The van der Waals surface area contributed by atoms with Crippen molar-refractivity contribution in [2.75, 3.05) is 26.2 Å². The Hall–Kier alpha value is -0.610. The minimum atomic E-state index is -0.379. The van der Waals surface area contributed by atoms with E-state index in [1.807, 2.05) is 6.92 Å². The molecule has 0 spiro atoms. The van der Waals surface area contributed by atoms with Gasteiger partial charge in [0.1, 0.15) is 0 Å². The Labute approximate surface area is 60.6 Å². The Morgan fingerprint density at radius 2 is 2.20 bits per heavy atom. The van der Waals surface area contributed by atoms with Crippen LogP contribution >= 0.6 is 0 Å². The van der Waals surface area contributed by atoms with E-state index in [0.29, 0.717) is 13.1 Å². The predicted octanol–water partition coefficient (Wildman–Crippen LogP) is -0.776. The number of carbonyl (C=O) groups excluding carboxylic acids is 1. The summed E-state index contributed by atoms with van der Waals surface area (Å²) in [7, 11) is 0. The maximum Gasteiger partial charge on any atom is 0.231 e. The molecular formula is C6H13N2O2. The third-order valence-electron chi connectivity index (χ3n) is 1.23. The van der Waals surface area contributed by atoms with Crippen LogP contribution < -0.4 is 5.73 Å². The molecule has 0 saturated carbocycles. The summed E-state index contributed by atoms with van der Waals surface area (Å²) in [6.45, 7) is 3.00. The fraction of sp³-hybridized carbons (Fsp3) is 0.833. The van der Waals surface area contributed by atoms with Crippen LogP contribution in [0.15, 0.2) is 0 Å². The highest BCUT2D eigenvalue weighted by Gasteiger charge is 2.03. The summed E-state index contributed by atoms with van der Waals surface area (Å²) in [5.41, 5.74) is 4.92.